The lowest BCUT2D eigenvalue weighted by Crippen LogP contribution is -2.67. The van der Waals surface area contributed by atoms with Crippen LogP contribution in [0.4, 0.5) is 0 Å². The summed E-state index contributed by atoms with van der Waals surface area (Å²) in [7, 11) is -3.69. The van der Waals surface area contributed by atoms with Crippen molar-refractivity contribution in [3.05, 3.63) is 101 Å². The first-order valence-electron chi connectivity index (χ1n) is 10.9. The Morgan fingerprint density at radius 1 is 0.875 bits per heavy atom. The minimum atomic E-state index is -3.69. The van der Waals surface area contributed by atoms with Crippen molar-refractivity contribution in [2.24, 2.45) is 0 Å². The molecule has 1 spiro atoms. The van der Waals surface area contributed by atoms with Crippen LogP contribution in [0.3, 0.4) is 0 Å². The van der Waals surface area contributed by atoms with Crippen LogP contribution >= 0.6 is 0 Å². The van der Waals surface area contributed by atoms with Gasteiger partial charge < -0.3 is 4.74 Å². The molecule has 0 bridgehead atoms. The van der Waals surface area contributed by atoms with Gasteiger partial charge in [0.1, 0.15) is 5.66 Å². The normalized spacial score (nSPS) is 21.0. The Kier molecular flexibility index (Phi) is 5.42. The zero-order valence-electron chi connectivity index (χ0n) is 18.4. The Labute approximate surface area is 190 Å². The van der Waals surface area contributed by atoms with Crippen LogP contribution in [-0.2, 0) is 21.3 Å². The zero-order valence-corrected chi connectivity index (χ0v) is 19.3. The number of hydrogen-bond donors (Lipinski definition) is 0. The molecule has 1 atom stereocenters. The number of rotatable bonds is 5. The van der Waals surface area contributed by atoms with Gasteiger partial charge in [0.05, 0.1) is 24.2 Å². The number of aryl methyl sites for hydroxylation is 2. The van der Waals surface area contributed by atoms with Crippen molar-refractivity contribution < 1.29 is 13.2 Å². The van der Waals surface area contributed by atoms with E-state index in [4.69, 9.17) is 4.74 Å². The third-order valence-electron chi connectivity index (χ3n) is 6.65. The molecule has 32 heavy (non-hydrogen) atoms. The summed E-state index contributed by atoms with van der Waals surface area (Å²) in [6, 6.07) is 25.7. The minimum Gasteiger partial charge on any atom is -0.375 e. The van der Waals surface area contributed by atoms with Crippen molar-refractivity contribution in [1.29, 1.82) is 0 Å². The van der Waals surface area contributed by atoms with Gasteiger partial charge in [-0.1, -0.05) is 77.9 Å². The highest BCUT2D eigenvalue weighted by atomic mass is 32.2. The van der Waals surface area contributed by atoms with Crippen molar-refractivity contribution >= 4 is 10.0 Å². The molecule has 0 radical (unpaired) electrons. The maximum absolute atomic E-state index is 13.8. The third-order valence-corrected chi connectivity index (χ3v) is 8.58. The largest absolute Gasteiger partial charge is 0.375 e. The van der Waals surface area contributed by atoms with E-state index < -0.39 is 15.7 Å². The van der Waals surface area contributed by atoms with Gasteiger partial charge >= 0.3 is 0 Å². The van der Waals surface area contributed by atoms with E-state index in [2.05, 4.69) is 48.2 Å². The first-order valence-corrected chi connectivity index (χ1v) is 12.4. The van der Waals surface area contributed by atoms with E-state index >= 15 is 0 Å². The summed E-state index contributed by atoms with van der Waals surface area (Å²) < 4.78 is 35.0. The molecule has 0 saturated carbocycles. The van der Waals surface area contributed by atoms with Crippen molar-refractivity contribution in [2.45, 2.75) is 37.0 Å². The van der Waals surface area contributed by atoms with Crippen LogP contribution in [-0.4, -0.2) is 43.0 Å². The SMILES string of the molecule is Cc1ccc([C@@H]2CN(S(=O)(=O)c3ccc(C)cc3)C3(COC3)N2Cc2ccccc2)cc1. The minimum absolute atomic E-state index is 0.0556. The second kappa shape index (κ2) is 8.12. The molecule has 2 aliphatic heterocycles. The molecule has 2 heterocycles. The monoisotopic (exact) mass is 448 g/mol. The standard InChI is InChI=1S/C26H28N2O3S/c1-20-8-12-23(13-9-20)25-17-28(32(29,30)24-14-10-21(2)11-15-24)26(18-31-19-26)27(25)16-22-6-4-3-5-7-22/h3-15,25H,16-19H2,1-2H3/t25-/m0/s1. The Balaban J connectivity index is 1.59. The molecule has 0 aromatic heterocycles. The van der Waals surface area contributed by atoms with Crippen LogP contribution in [0.15, 0.2) is 83.8 Å². The highest BCUT2D eigenvalue weighted by molar-refractivity contribution is 7.89. The fraction of sp³-hybridized carbons (Fsp3) is 0.308. The van der Waals surface area contributed by atoms with Gasteiger partial charge in [-0.25, -0.2) is 8.42 Å². The van der Waals surface area contributed by atoms with Gasteiger partial charge in [0.15, 0.2) is 0 Å². The molecule has 5 nitrogen and oxygen atoms in total. The predicted octanol–water partition coefficient (Wildman–Crippen LogP) is 4.28. The summed E-state index contributed by atoms with van der Waals surface area (Å²) in [5, 5.41) is 0. The summed E-state index contributed by atoms with van der Waals surface area (Å²) in [5.74, 6) is 0. The molecule has 2 fully saturated rings. The number of ether oxygens (including phenoxy) is 1. The van der Waals surface area contributed by atoms with Gasteiger partial charge in [0.25, 0.3) is 0 Å². The van der Waals surface area contributed by atoms with Gasteiger partial charge in [-0.3, -0.25) is 4.90 Å². The zero-order chi connectivity index (χ0) is 22.3. The summed E-state index contributed by atoms with van der Waals surface area (Å²) in [4.78, 5) is 2.65. The summed E-state index contributed by atoms with van der Waals surface area (Å²) in [6.45, 7) is 5.82. The Morgan fingerprint density at radius 3 is 2.03 bits per heavy atom. The van der Waals surface area contributed by atoms with E-state index in [1.54, 1.807) is 16.4 Å². The Hall–Kier alpha value is -2.51. The summed E-state index contributed by atoms with van der Waals surface area (Å²) in [5.41, 5.74) is 3.82. The molecule has 6 heteroatoms. The molecule has 5 rings (SSSR count). The summed E-state index contributed by atoms with van der Waals surface area (Å²) >= 11 is 0. The fourth-order valence-corrected chi connectivity index (χ4v) is 6.45. The van der Waals surface area contributed by atoms with E-state index in [0.717, 1.165) is 16.7 Å². The lowest BCUT2D eigenvalue weighted by atomic mass is 10.0. The van der Waals surface area contributed by atoms with Crippen molar-refractivity contribution in [3.8, 4) is 0 Å². The molecule has 3 aromatic carbocycles. The lowest BCUT2D eigenvalue weighted by molar-refractivity contribution is -0.172. The smallest absolute Gasteiger partial charge is 0.244 e. The number of hydrogen-bond acceptors (Lipinski definition) is 4. The molecule has 2 saturated heterocycles. The molecule has 166 valence electrons. The number of nitrogens with zero attached hydrogens (tertiary/aromatic N) is 2. The van der Waals surface area contributed by atoms with Crippen LogP contribution in [0.2, 0.25) is 0 Å². The Morgan fingerprint density at radius 2 is 1.47 bits per heavy atom. The molecular weight excluding hydrogens is 420 g/mol. The third kappa shape index (κ3) is 3.57. The highest BCUT2D eigenvalue weighted by Gasteiger charge is 2.61. The molecule has 0 amide bonds. The lowest BCUT2D eigenvalue weighted by Gasteiger charge is -2.49. The summed E-state index contributed by atoms with van der Waals surface area (Å²) in [6.07, 6.45) is 0. The molecular formula is C26H28N2O3S. The van der Waals surface area contributed by atoms with E-state index in [-0.39, 0.29) is 6.04 Å². The van der Waals surface area contributed by atoms with Gasteiger partial charge in [-0.05, 0) is 37.1 Å². The van der Waals surface area contributed by atoms with Crippen LogP contribution < -0.4 is 0 Å². The van der Waals surface area contributed by atoms with Gasteiger partial charge in [0, 0.05) is 13.1 Å². The average molecular weight is 449 g/mol. The van der Waals surface area contributed by atoms with Crippen LogP contribution in [0.1, 0.15) is 28.3 Å². The molecule has 2 aliphatic rings. The molecule has 3 aromatic rings. The molecule has 0 aliphatic carbocycles. The average Bonchev–Trinajstić information content (AvgIpc) is 3.11. The maximum Gasteiger partial charge on any atom is 0.244 e. The first kappa shape index (κ1) is 21.3. The molecule has 0 N–H and O–H groups in total. The maximum atomic E-state index is 13.8. The van der Waals surface area contributed by atoms with E-state index in [0.29, 0.717) is 31.2 Å². The quantitative estimate of drug-likeness (QED) is 0.585. The predicted molar refractivity (Wildman–Crippen MR) is 125 cm³/mol. The van der Waals surface area contributed by atoms with Crippen LogP contribution in [0.25, 0.3) is 0 Å². The molecule has 0 unspecified atom stereocenters. The van der Waals surface area contributed by atoms with Gasteiger partial charge in [-0.2, -0.15) is 4.31 Å². The fourth-order valence-electron chi connectivity index (χ4n) is 4.72. The highest BCUT2D eigenvalue weighted by Crippen LogP contribution is 2.47. The van der Waals surface area contributed by atoms with Gasteiger partial charge in [0.2, 0.25) is 10.0 Å². The van der Waals surface area contributed by atoms with E-state index in [1.165, 1.54) is 5.56 Å². The van der Waals surface area contributed by atoms with Crippen molar-refractivity contribution in [3.63, 3.8) is 0 Å². The Bertz CT molecular complexity index is 1190. The number of benzene rings is 3. The van der Waals surface area contributed by atoms with E-state index in [9.17, 15) is 8.42 Å². The van der Waals surface area contributed by atoms with Gasteiger partial charge in [-0.15, -0.1) is 0 Å². The van der Waals surface area contributed by atoms with Crippen molar-refractivity contribution in [1.82, 2.24) is 9.21 Å². The van der Waals surface area contributed by atoms with Crippen molar-refractivity contribution in [2.75, 3.05) is 19.8 Å². The number of sulfonamides is 1. The van der Waals surface area contributed by atoms with Crippen LogP contribution in [0.5, 0.6) is 0 Å². The van der Waals surface area contributed by atoms with E-state index in [1.807, 2.05) is 37.3 Å². The second-order valence-electron chi connectivity index (χ2n) is 8.86. The van der Waals surface area contributed by atoms with Crippen LogP contribution in [0, 0.1) is 13.8 Å². The topological polar surface area (TPSA) is 49.9 Å². The second-order valence-corrected chi connectivity index (χ2v) is 10.7. The first-order chi connectivity index (χ1) is 15.4.